The van der Waals surface area contributed by atoms with Gasteiger partial charge in [0.25, 0.3) is 0 Å². The maximum absolute atomic E-state index is 13.3. The van der Waals surface area contributed by atoms with Crippen LogP contribution in [-0.2, 0) is 6.42 Å². The van der Waals surface area contributed by atoms with Crippen molar-refractivity contribution in [1.29, 1.82) is 0 Å². The molecule has 39 heavy (non-hydrogen) atoms. The summed E-state index contributed by atoms with van der Waals surface area (Å²) in [7, 11) is 1.64. The molecule has 2 aromatic heterocycles. The number of urea groups is 1. The Kier molecular flexibility index (Phi) is 6.30. The maximum atomic E-state index is 13.3. The summed E-state index contributed by atoms with van der Waals surface area (Å²) in [5.74, 6) is -0.00613. The zero-order chi connectivity index (χ0) is 27.1. The number of H-pyrrole nitrogens is 1. The minimum Gasteiger partial charge on any atom is -0.497 e. The largest absolute Gasteiger partial charge is 0.497 e. The second-order valence-electron chi connectivity index (χ2n) is 10.0. The number of carbonyl (C=O) groups is 2. The number of anilines is 2. The third-order valence-electron chi connectivity index (χ3n) is 7.67. The fraction of sp³-hybridized carbons (Fsp3) is 0.310. The lowest BCUT2D eigenvalue weighted by Gasteiger charge is -2.39. The number of aryl methyl sites for hydroxylation is 1. The van der Waals surface area contributed by atoms with Crippen molar-refractivity contribution < 1.29 is 18.7 Å². The van der Waals surface area contributed by atoms with Crippen molar-refractivity contribution in [3.05, 3.63) is 81.6 Å². The molecule has 2 aliphatic rings. The number of aromatic nitrogens is 2. The van der Waals surface area contributed by atoms with Crippen LogP contribution in [0, 0.1) is 6.92 Å². The molecule has 10 nitrogen and oxygen atoms in total. The number of fused-ring (bicyclic) bond motifs is 2. The first-order valence-corrected chi connectivity index (χ1v) is 13.0. The van der Waals surface area contributed by atoms with E-state index in [0.717, 1.165) is 60.6 Å². The van der Waals surface area contributed by atoms with Crippen molar-refractivity contribution in [3.63, 3.8) is 0 Å². The number of hydrogen-bond acceptors (Lipinski definition) is 7. The van der Waals surface area contributed by atoms with Gasteiger partial charge in [0, 0.05) is 48.8 Å². The Hall–Kier alpha value is -4.60. The maximum Gasteiger partial charge on any atom is 0.417 e. The first-order chi connectivity index (χ1) is 18.9. The SMILES string of the molecule is COc1ccc2c(c1)CCN(C1CCN(c3ccnc(C(=O)c4cc(C)c5[nH]c(=O)oc5c4)c3)CC1)C(=O)N2. The topological polar surface area (TPSA) is 121 Å². The summed E-state index contributed by atoms with van der Waals surface area (Å²) in [5, 5.41) is 3.06. The van der Waals surface area contributed by atoms with Crippen molar-refractivity contribution in [3.8, 4) is 5.75 Å². The molecule has 1 saturated heterocycles. The minimum atomic E-state index is -0.552. The normalized spacial score (nSPS) is 16.1. The molecule has 0 aliphatic carbocycles. The third kappa shape index (κ3) is 4.73. The molecule has 2 aromatic carbocycles. The number of nitrogens with zero attached hydrogens (tertiary/aromatic N) is 3. The lowest BCUT2D eigenvalue weighted by molar-refractivity contribution is 0.103. The number of amides is 2. The van der Waals surface area contributed by atoms with E-state index in [1.807, 2.05) is 36.1 Å². The third-order valence-corrected chi connectivity index (χ3v) is 7.67. The number of piperidine rings is 1. The zero-order valence-electron chi connectivity index (χ0n) is 21.8. The fourth-order valence-electron chi connectivity index (χ4n) is 5.58. The molecule has 200 valence electrons. The molecule has 4 heterocycles. The molecule has 0 bridgehead atoms. The molecule has 10 heteroatoms. The van der Waals surface area contributed by atoms with Crippen LogP contribution in [0.1, 0.15) is 40.0 Å². The van der Waals surface area contributed by atoms with E-state index in [9.17, 15) is 14.4 Å². The van der Waals surface area contributed by atoms with E-state index in [1.165, 1.54) is 0 Å². The van der Waals surface area contributed by atoms with Crippen LogP contribution in [-0.4, -0.2) is 59.5 Å². The number of ether oxygens (including phenoxy) is 1. The number of oxazole rings is 1. The van der Waals surface area contributed by atoms with Crippen LogP contribution >= 0.6 is 0 Å². The lowest BCUT2D eigenvalue weighted by atomic mass is 10.0. The Morgan fingerprint density at radius 1 is 1.08 bits per heavy atom. The van der Waals surface area contributed by atoms with Gasteiger partial charge in [0.15, 0.2) is 5.58 Å². The predicted octanol–water partition coefficient (Wildman–Crippen LogP) is 4.12. The predicted molar refractivity (Wildman–Crippen MR) is 147 cm³/mol. The Morgan fingerprint density at radius 3 is 2.69 bits per heavy atom. The molecular formula is C29H29N5O5. The fourth-order valence-corrected chi connectivity index (χ4v) is 5.58. The number of aromatic amines is 1. The Bertz CT molecular complexity index is 1630. The Balaban J connectivity index is 1.14. The quantitative estimate of drug-likeness (QED) is 0.375. The zero-order valence-corrected chi connectivity index (χ0v) is 21.8. The highest BCUT2D eigenvalue weighted by atomic mass is 16.5. The lowest BCUT2D eigenvalue weighted by Crippen LogP contribution is -2.49. The van der Waals surface area contributed by atoms with Gasteiger partial charge in [0.1, 0.15) is 11.4 Å². The summed E-state index contributed by atoms with van der Waals surface area (Å²) in [5.41, 5.74) is 5.25. The van der Waals surface area contributed by atoms with Gasteiger partial charge >= 0.3 is 11.8 Å². The first kappa shape index (κ1) is 24.7. The highest BCUT2D eigenvalue weighted by Gasteiger charge is 2.30. The number of hydrogen-bond donors (Lipinski definition) is 2. The highest BCUT2D eigenvalue weighted by molar-refractivity contribution is 6.09. The summed E-state index contributed by atoms with van der Waals surface area (Å²) in [4.78, 5) is 49.0. The second-order valence-corrected chi connectivity index (χ2v) is 10.0. The molecule has 0 unspecified atom stereocenters. The van der Waals surface area contributed by atoms with Crippen LogP contribution in [0.5, 0.6) is 5.75 Å². The molecule has 0 atom stereocenters. The van der Waals surface area contributed by atoms with Crippen LogP contribution in [0.25, 0.3) is 11.1 Å². The van der Waals surface area contributed by atoms with Crippen molar-refractivity contribution in [2.75, 3.05) is 37.0 Å². The van der Waals surface area contributed by atoms with E-state index in [1.54, 1.807) is 31.5 Å². The molecule has 2 amide bonds. The van der Waals surface area contributed by atoms with Crippen LogP contribution < -0.4 is 20.7 Å². The number of pyridine rings is 1. The molecule has 2 N–H and O–H groups in total. The van der Waals surface area contributed by atoms with Crippen molar-refractivity contribution in [1.82, 2.24) is 14.9 Å². The average Bonchev–Trinajstić information content (AvgIpc) is 3.26. The standard InChI is InChI=1S/C29H29N5O5/c1-17-13-19(15-25-26(17)32-29(37)39-25)27(35)24-16-21(5-9-30-24)33-10-7-20(8-11-33)34-12-6-18-14-22(38-2)3-4-23(18)31-28(34)36/h3-5,9,13-16,20H,6-8,10-12H2,1-2H3,(H,31,36)(H,32,37). The van der Waals surface area contributed by atoms with Gasteiger partial charge in [-0.25, -0.2) is 9.59 Å². The molecule has 0 radical (unpaired) electrons. The molecular weight excluding hydrogens is 498 g/mol. The summed E-state index contributed by atoms with van der Waals surface area (Å²) in [6.07, 6.45) is 4.05. The number of nitrogens with one attached hydrogen (secondary N) is 2. The van der Waals surface area contributed by atoms with E-state index in [2.05, 4.69) is 20.2 Å². The number of methoxy groups -OCH3 is 1. The monoisotopic (exact) mass is 527 g/mol. The summed E-state index contributed by atoms with van der Waals surface area (Å²) in [6, 6.07) is 12.8. The van der Waals surface area contributed by atoms with Crippen LogP contribution in [0.15, 0.2) is 57.9 Å². The van der Waals surface area contributed by atoms with Crippen LogP contribution in [0.2, 0.25) is 0 Å². The average molecular weight is 528 g/mol. The van der Waals surface area contributed by atoms with E-state index in [0.29, 0.717) is 28.9 Å². The van der Waals surface area contributed by atoms with Crippen molar-refractivity contribution in [2.24, 2.45) is 0 Å². The van der Waals surface area contributed by atoms with Gasteiger partial charge in [-0.15, -0.1) is 0 Å². The second kappa shape index (κ2) is 9.94. The Labute approximate surface area is 224 Å². The van der Waals surface area contributed by atoms with E-state index >= 15 is 0 Å². The smallest absolute Gasteiger partial charge is 0.417 e. The number of carbonyl (C=O) groups excluding carboxylic acids is 2. The van der Waals surface area contributed by atoms with Crippen LogP contribution in [0.3, 0.4) is 0 Å². The highest BCUT2D eigenvalue weighted by Crippen LogP contribution is 2.29. The number of ketones is 1. The van der Waals surface area contributed by atoms with Crippen molar-refractivity contribution in [2.45, 2.75) is 32.2 Å². The summed E-state index contributed by atoms with van der Waals surface area (Å²) >= 11 is 0. The van der Waals surface area contributed by atoms with E-state index < -0.39 is 5.76 Å². The molecule has 0 spiro atoms. The van der Waals surface area contributed by atoms with Gasteiger partial charge in [0.05, 0.1) is 12.6 Å². The molecule has 1 fully saturated rings. The van der Waals surface area contributed by atoms with Gasteiger partial charge in [0.2, 0.25) is 5.78 Å². The van der Waals surface area contributed by atoms with Gasteiger partial charge < -0.3 is 24.3 Å². The molecule has 4 aromatic rings. The number of benzene rings is 2. The Morgan fingerprint density at radius 2 is 1.90 bits per heavy atom. The molecule has 6 rings (SSSR count). The number of rotatable bonds is 5. The van der Waals surface area contributed by atoms with Gasteiger partial charge in [-0.05, 0) is 79.8 Å². The molecule has 2 aliphatic heterocycles. The minimum absolute atomic E-state index is 0.0697. The summed E-state index contributed by atoms with van der Waals surface area (Å²) in [6.45, 7) is 3.98. The van der Waals surface area contributed by atoms with Crippen LogP contribution in [0.4, 0.5) is 16.2 Å². The van der Waals surface area contributed by atoms with E-state index in [4.69, 9.17) is 9.15 Å². The van der Waals surface area contributed by atoms with Gasteiger partial charge in [-0.2, -0.15) is 0 Å². The van der Waals surface area contributed by atoms with E-state index in [-0.39, 0.29) is 17.9 Å². The van der Waals surface area contributed by atoms with Crippen molar-refractivity contribution >= 4 is 34.3 Å². The molecule has 0 saturated carbocycles. The summed E-state index contributed by atoms with van der Waals surface area (Å²) < 4.78 is 10.5. The van der Waals surface area contributed by atoms with Gasteiger partial charge in [-0.3, -0.25) is 14.8 Å². The first-order valence-electron chi connectivity index (χ1n) is 13.0. The van der Waals surface area contributed by atoms with Gasteiger partial charge in [-0.1, -0.05) is 0 Å².